The number of carbonyl (C=O) groups excluding carboxylic acids is 1. The van der Waals surface area contributed by atoms with E-state index < -0.39 is 15.9 Å². The minimum atomic E-state index is -3.74. The van der Waals surface area contributed by atoms with Crippen LogP contribution >= 0.6 is 23.2 Å². The Morgan fingerprint density at radius 1 is 1.16 bits per heavy atom. The number of unbranched alkanes of at least 4 members (excludes halogenated alkanes) is 1. The maximum Gasteiger partial charge on any atom is 0.272 e. The van der Waals surface area contributed by atoms with Crippen molar-refractivity contribution in [2.45, 2.75) is 33.2 Å². The third-order valence-corrected chi connectivity index (χ3v) is 6.64. The molecule has 0 aliphatic heterocycles. The number of hydrogen-bond donors (Lipinski definition) is 1. The van der Waals surface area contributed by atoms with E-state index in [1.165, 1.54) is 16.7 Å². The lowest BCUT2D eigenvalue weighted by atomic mass is 10.1. The first-order valence-electron chi connectivity index (χ1n) is 9.61. The number of aromatic nitrogens is 2. The van der Waals surface area contributed by atoms with Crippen LogP contribution in [-0.2, 0) is 16.6 Å². The maximum absolute atomic E-state index is 12.8. The van der Waals surface area contributed by atoms with Crippen LogP contribution in [0.1, 0.15) is 41.4 Å². The Kier molecular flexibility index (Phi) is 7.03. The standard InChI is InChI=1S/C21H21Cl2N3O4S/c1-3-4-9-31(29,30)25-20(27)14-6-8-18-19(10-14)26(21(28)13(2)24-18)12-15-5-7-16(22)11-17(15)23/h5-8,10-11H,3-4,9,12H2,1-2H3,(H,25,27). The highest BCUT2D eigenvalue weighted by Crippen LogP contribution is 2.23. The molecule has 0 atom stereocenters. The predicted molar refractivity (Wildman–Crippen MR) is 122 cm³/mol. The Hall–Kier alpha value is -2.42. The summed E-state index contributed by atoms with van der Waals surface area (Å²) in [6.07, 6.45) is 1.14. The topological polar surface area (TPSA) is 98.1 Å². The lowest BCUT2D eigenvalue weighted by Gasteiger charge is -2.14. The van der Waals surface area contributed by atoms with Crippen molar-refractivity contribution in [2.75, 3.05) is 5.75 Å². The molecule has 164 valence electrons. The molecule has 0 unspecified atom stereocenters. The van der Waals surface area contributed by atoms with Gasteiger partial charge in [-0.1, -0.05) is 42.6 Å². The fraction of sp³-hybridized carbons (Fsp3) is 0.286. The molecule has 0 fully saturated rings. The molecule has 0 saturated carbocycles. The van der Waals surface area contributed by atoms with Gasteiger partial charge in [-0.2, -0.15) is 0 Å². The van der Waals surface area contributed by atoms with Gasteiger partial charge in [-0.05, 0) is 49.2 Å². The summed E-state index contributed by atoms with van der Waals surface area (Å²) in [4.78, 5) is 29.7. The van der Waals surface area contributed by atoms with Crippen molar-refractivity contribution in [2.24, 2.45) is 0 Å². The summed E-state index contributed by atoms with van der Waals surface area (Å²) < 4.78 is 27.7. The van der Waals surface area contributed by atoms with Gasteiger partial charge in [0, 0.05) is 15.6 Å². The number of amides is 1. The van der Waals surface area contributed by atoms with Gasteiger partial charge in [0.1, 0.15) is 5.69 Å². The first kappa shape index (κ1) is 23.2. The van der Waals surface area contributed by atoms with Crippen LogP contribution in [0.2, 0.25) is 10.0 Å². The van der Waals surface area contributed by atoms with Gasteiger partial charge < -0.3 is 4.57 Å². The van der Waals surface area contributed by atoms with Crippen LogP contribution in [0.3, 0.4) is 0 Å². The molecule has 1 aromatic heterocycles. The molecule has 1 N–H and O–H groups in total. The van der Waals surface area contributed by atoms with Crippen molar-refractivity contribution in [1.29, 1.82) is 0 Å². The molecule has 1 amide bonds. The number of fused-ring (bicyclic) bond motifs is 1. The monoisotopic (exact) mass is 481 g/mol. The van der Waals surface area contributed by atoms with E-state index >= 15 is 0 Å². The van der Waals surface area contributed by atoms with E-state index in [9.17, 15) is 18.0 Å². The van der Waals surface area contributed by atoms with Crippen molar-refractivity contribution in [3.63, 3.8) is 0 Å². The third kappa shape index (κ3) is 5.44. The van der Waals surface area contributed by atoms with Crippen LogP contribution in [0.4, 0.5) is 0 Å². The fourth-order valence-corrected chi connectivity index (χ4v) is 4.71. The average Bonchev–Trinajstić information content (AvgIpc) is 2.70. The van der Waals surface area contributed by atoms with Crippen LogP contribution in [0, 0.1) is 6.92 Å². The van der Waals surface area contributed by atoms with E-state index in [1.54, 1.807) is 31.2 Å². The highest BCUT2D eigenvalue weighted by atomic mass is 35.5. The second kappa shape index (κ2) is 9.38. The van der Waals surface area contributed by atoms with E-state index in [0.717, 1.165) is 0 Å². The Morgan fingerprint density at radius 3 is 2.58 bits per heavy atom. The smallest absolute Gasteiger partial charge is 0.272 e. The molecule has 0 bridgehead atoms. The third-order valence-electron chi connectivity index (χ3n) is 4.73. The summed E-state index contributed by atoms with van der Waals surface area (Å²) in [5.41, 5.74) is 1.60. The van der Waals surface area contributed by atoms with E-state index in [2.05, 4.69) is 9.71 Å². The van der Waals surface area contributed by atoms with Crippen molar-refractivity contribution in [3.05, 3.63) is 73.6 Å². The number of benzene rings is 2. The molecule has 3 aromatic rings. The summed E-state index contributed by atoms with van der Waals surface area (Å²) in [6, 6.07) is 9.48. The molecule has 2 aromatic carbocycles. The number of nitrogens with one attached hydrogen (secondary N) is 1. The van der Waals surface area contributed by atoms with E-state index in [1.807, 2.05) is 6.92 Å². The Bertz CT molecular complexity index is 1320. The molecule has 10 heteroatoms. The minimum Gasteiger partial charge on any atom is -0.301 e. The molecule has 0 spiro atoms. The van der Waals surface area contributed by atoms with Crippen LogP contribution in [0.15, 0.2) is 41.2 Å². The second-order valence-electron chi connectivity index (χ2n) is 7.13. The summed E-state index contributed by atoms with van der Waals surface area (Å²) in [6.45, 7) is 3.60. The normalized spacial score (nSPS) is 11.6. The van der Waals surface area contributed by atoms with Crippen LogP contribution in [0.5, 0.6) is 0 Å². The summed E-state index contributed by atoms with van der Waals surface area (Å²) >= 11 is 12.2. The van der Waals surface area contributed by atoms with Crippen molar-refractivity contribution >= 4 is 50.2 Å². The van der Waals surface area contributed by atoms with Gasteiger partial charge in [-0.3, -0.25) is 9.59 Å². The molecule has 1 heterocycles. The Morgan fingerprint density at radius 2 is 1.90 bits per heavy atom. The number of halogens is 2. The highest BCUT2D eigenvalue weighted by molar-refractivity contribution is 7.90. The number of nitrogens with zero attached hydrogens (tertiary/aromatic N) is 2. The predicted octanol–water partition coefficient (Wildman–Crippen LogP) is 3.92. The fourth-order valence-electron chi connectivity index (χ4n) is 3.07. The van der Waals surface area contributed by atoms with Crippen LogP contribution in [0.25, 0.3) is 11.0 Å². The van der Waals surface area contributed by atoms with E-state index in [0.29, 0.717) is 39.5 Å². The Labute approximate surface area is 190 Å². The lowest BCUT2D eigenvalue weighted by Crippen LogP contribution is -2.32. The molecule has 3 rings (SSSR count). The van der Waals surface area contributed by atoms with Gasteiger partial charge >= 0.3 is 0 Å². The van der Waals surface area contributed by atoms with Gasteiger partial charge in [0.2, 0.25) is 10.0 Å². The maximum atomic E-state index is 12.8. The number of aryl methyl sites for hydroxylation is 1. The van der Waals surface area contributed by atoms with Gasteiger partial charge in [0.25, 0.3) is 11.5 Å². The minimum absolute atomic E-state index is 0.105. The van der Waals surface area contributed by atoms with E-state index in [4.69, 9.17) is 23.2 Å². The van der Waals surface area contributed by atoms with Gasteiger partial charge in [-0.15, -0.1) is 0 Å². The number of sulfonamides is 1. The summed E-state index contributed by atoms with van der Waals surface area (Å²) in [5.74, 6) is -0.898. The van der Waals surface area contributed by atoms with Crippen molar-refractivity contribution in [1.82, 2.24) is 14.3 Å². The van der Waals surface area contributed by atoms with Crippen LogP contribution < -0.4 is 10.3 Å². The van der Waals surface area contributed by atoms with E-state index in [-0.39, 0.29) is 29.1 Å². The van der Waals surface area contributed by atoms with Gasteiger partial charge in [-0.25, -0.2) is 18.1 Å². The lowest BCUT2D eigenvalue weighted by molar-refractivity contribution is 0.0981. The molecular formula is C21H21Cl2N3O4S. The first-order valence-corrected chi connectivity index (χ1v) is 12.0. The molecule has 0 saturated heterocycles. The SMILES string of the molecule is CCCCS(=O)(=O)NC(=O)c1ccc2nc(C)c(=O)n(Cc3ccc(Cl)cc3Cl)c2c1. The average molecular weight is 482 g/mol. The van der Waals surface area contributed by atoms with Gasteiger partial charge in [0.05, 0.1) is 23.3 Å². The molecular weight excluding hydrogens is 461 g/mol. The quantitative estimate of drug-likeness (QED) is 0.551. The van der Waals surface area contributed by atoms with Crippen LogP contribution in [-0.4, -0.2) is 29.6 Å². The van der Waals surface area contributed by atoms with Crippen molar-refractivity contribution < 1.29 is 13.2 Å². The molecule has 7 nitrogen and oxygen atoms in total. The zero-order valence-electron chi connectivity index (χ0n) is 17.0. The molecule has 0 aliphatic rings. The Balaban J connectivity index is 2.05. The number of rotatable bonds is 7. The number of hydrogen-bond acceptors (Lipinski definition) is 5. The zero-order chi connectivity index (χ0) is 22.8. The zero-order valence-corrected chi connectivity index (χ0v) is 19.3. The second-order valence-corrected chi connectivity index (χ2v) is 9.82. The molecule has 31 heavy (non-hydrogen) atoms. The number of carbonyl (C=O) groups is 1. The molecule has 0 aliphatic carbocycles. The van der Waals surface area contributed by atoms with Gasteiger partial charge in [0.15, 0.2) is 0 Å². The summed E-state index contributed by atoms with van der Waals surface area (Å²) in [7, 11) is -3.74. The first-order chi connectivity index (χ1) is 14.6. The molecule has 0 radical (unpaired) electrons. The summed E-state index contributed by atoms with van der Waals surface area (Å²) in [5, 5.41) is 0.873. The highest BCUT2D eigenvalue weighted by Gasteiger charge is 2.18. The largest absolute Gasteiger partial charge is 0.301 e. The van der Waals surface area contributed by atoms with Crippen molar-refractivity contribution in [3.8, 4) is 0 Å².